The van der Waals surface area contributed by atoms with Gasteiger partial charge in [0.05, 0.1) is 24.3 Å². The van der Waals surface area contributed by atoms with Crippen LogP contribution in [-0.4, -0.2) is 39.1 Å². The molecule has 4 rings (SSSR count). The van der Waals surface area contributed by atoms with E-state index in [1.54, 1.807) is 18.3 Å². The number of aromatic nitrogens is 2. The monoisotopic (exact) mass is 561 g/mol. The van der Waals surface area contributed by atoms with Crippen LogP contribution in [0.4, 0.5) is 4.39 Å². The predicted molar refractivity (Wildman–Crippen MR) is 155 cm³/mol. The number of ether oxygens (including phenoxy) is 3. The fourth-order valence-corrected chi connectivity index (χ4v) is 5.64. The first-order valence-electron chi connectivity index (χ1n) is 14.2. The summed E-state index contributed by atoms with van der Waals surface area (Å²) in [5.41, 5.74) is 4.01. The van der Waals surface area contributed by atoms with Crippen molar-refractivity contribution in [1.29, 1.82) is 5.26 Å². The molecule has 7 nitrogen and oxygen atoms in total. The molecule has 41 heavy (non-hydrogen) atoms. The maximum atomic E-state index is 14.0. The third-order valence-corrected chi connectivity index (χ3v) is 6.93. The molecule has 1 aromatic carbocycles. The second kappa shape index (κ2) is 12.1. The average Bonchev–Trinajstić information content (AvgIpc) is 3.21. The molecule has 3 heterocycles. The Hall–Kier alpha value is -3.54. The van der Waals surface area contributed by atoms with Gasteiger partial charge in [0.1, 0.15) is 23.2 Å². The van der Waals surface area contributed by atoms with Gasteiger partial charge in [0.15, 0.2) is 5.79 Å². The van der Waals surface area contributed by atoms with Crippen LogP contribution in [0.5, 0.6) is 0 Å². The first kappa shape index (κ1) is 30.4. The van der Waals surface area contributed by atoms with E-state index in [0.29, 0.717) is 30.7 Å². The highest BCUT2D eigenvalue weighted by molar-refractivity contribution is 5.88. The van der Waals surface area contributed by atoms with E-state index in [-0.39, 0.29) is 36.5 Å². The van der Waals surface area contributed by atoms with Crippen LogP contribution in [0.25, 0.3) is 22.4 Å². The highest BCUT2D eigenvalue weighted by Crippen LogP contribution is 2.42. The van der Waals surface area contributed by atoms with E-state index >= 15 is 0 Å². The van der Waals surface area contributed by atoms with Crippen LogP contribution in [0.3, 0.4) is 0 Å². The molecule has 8 heteroatoms. The lowest BCUT2D eigenvalue weighted by Crippen LogP contribution is -2.45. The van der Waals surface area contributed by atoms with Crippen molar-refractivity contribution in [2.45, 2.75) is 104 Å². The lowest BCUT2D eigenvalue weighted by atomic mass is 9.94. The van der Waals surface area contributed by atoms with Crippen molar-refractivity contribution >= 4 is 5.97 Å². The predicted octanol–water partition coefficient (Wildman–Crippen LogP) is 7.38. The van der Waals surface area contributed by atoms with Gasteiger partial charge in [0, 0.05) is 35.5 Å². The Morgan fingerprint density at radius 2 is 1.83 bits per heavy atom. The summed E-state index contributed by atoms with van der Waals surface area (Å²) in [7, 11) is 0. The molecule has 1 aliphatic heterocycles. The first-order chi connectivity index (χ1) is 19.3. The summed E-state index contributed by atoms with van der Waals surface area (Å²) < 4.78 is 33.9. The van der Waals surface area contributed by atoms with Gasteiger partial charge >= 0.3 is 5.97 Å². The quantitative estimate of drug-likeness (QED) is 0.267. The summed E-state index contributed by atoms with van der Waals surface area (Å²) in [6.07, 6.45) is 3.08. The van der Waals surface area contributed by atoms with E-state index in [1.807, 2.05) is 66.7 Å². The number of rotatable bonds is 8. The second-order valence-corrected chi connectivity index (χ2v) is 12.3. The Morgan fingerprint density at radius 1 is 1.15 bits per heavy atom. The molecular formula is C33H40FN3O4. The van der Waals surface area contributed by atoms with E-state index in [9.17, 15) is 14.4 Å². The van der Waals surface area contributed by atoms with E-state index in [0.717, 1.165) is 22.4 Å². The van der Waals surface area contributed by atoms with Gasteiger partial charge in [0.25, 0.3) is 0 Å². The molecule has 2 aromatic heterocycles. The molecule has 0 amide bonds. The van der Waals surface area contributed by atoms with Gasteiger partial charge in [-0.05, 0) is 91.1 Å². The van der Waals surface area contributed by atoms with Crippen LogP contribution in [0.1, 0.15) is 85.2 Å². The average molecular weight is 562 g/mol. The van der Waals surface area contributed by atoms with Gasteiger partial charge in [-0.15, -0.1) is 0 Å². The minimum atomic E-state index is -0.869. The van der Waals surface area contributed by atoms with Crippen molar-refractivity contribution in [1.82, 2.24) is 9.55 Å². The topological polar surface area (TPSA) is 86.4 Å². The molecule has 0 radical (unpaired) electrons. The second-order valence-electron chi connectivity index (χ2n) is 12.3. The number of halogens is 1. The molecule has 0 aliphatic carbocycles. The van der Waals surface area contributed by atoms with Crippen LogP contribution in [0, 0.1) is 17.1 Å². The number of hydrogen-bond donors (Lipinski definition) is 0. The largest absolute Gasteiger partial charge is 0.460 e. The first-order valence-corrected chi connectivity index (χ1v) is 14.2. The van der Waals surface area contributed by atoms with Crippen LogP contribution in [0.2, 0.25) is 0 Å². The van der Waals surface area contributed by atoms with Gasteiger partial charge in [-0.1, -0.05) is 18.2 Å². The van der Waals surface area contributed by atoms with E-state index < -0.39 is 11.4 Å². The van der Waals surface area contributed by atoms with Gasteiger partial charge in [-0.25, -0.2) is 4.39 Å². The number of nitrogens with zero attached hydrogens (tertiary/aromatic N) is 3. The molecule has 218 valence electrons. The fourth-order valence-electron chi connectivity index (χ4n) is 5.64. The molecule has 3 aromatic rings. The van der Waals surface area contributed by atoms with Gasteiger partial charge < -0.3 is 18.8 Å². The minimum Gasteiger partial charge on any atom is -0.460 e. The van der Waals surface area contributed by atoms with Crippen molar-refractivity contribution in [3.05, 3.63) is 65.9 Å². The van der Waals surface area contributed by atoms with Crippen LogP contribution >= 0.6 is 0 Å². The Morgan fingerprint density at radius 3 is 2.41 bits per heavy atom. The maximum absolute atomic E-state index is 14.0. The maximum Gasteiger partial charge on any atom is 0.308 e. The summed E-state index contributed by atoms with van der Waals surface area (Å²) >= 11 is 0. The normalized spacial score (nSPS) is 18.7. The lowest BCUT2D eigenvalue weighted by molar-refractivity contribution is -0.300. The number of carbonyl (C=O) groups is 1. The van der Waals surface area contributed by atoms with Gasteiger partial charge in [-0.2, -0.15) is 5.26 Å². The van der Waals surface area contributed by atoms with Crippen molar-refractivity contribution in [3.8, 4) is 28.5 Å². The molecule has 0 bridgehead atoms. The van der Waals surface area contributed by atoms with Crippen LogP contribution in [0.15, 0.2) is 48.7 Å². The zero-order chi connectivity index (χ0) is 29.9. The Bertz CT molecular complexity index is 1400. The fraction of sp³-hybridized carbons (Fsp3) is 0.485. The van der Waals surface area contributed by atoms with Crippen molar-refractivity contribution in [2.75, 3.05) is 0 Å². The molecule has 0 saturated carbocycles. The smallest absolute Gasteiger partial charge is 0.308 e. The lowest BCUT2D eigenvalue weighted by Gasteiger charge is -2.41. The van der Waals surface area contributed by atoms with E-state index in [2.05, 4.69) is 15.6 Å². The van der Waals surface area contributed by atoms with E-state index in [1.165, 1.54) is 12.1 Å². The standard InChI is InChI=1S/C33H40FN3O4/c1-21(2)37-27(16-15-24-18-25(40-33(6,7)39-24)19-29(38)41-32(3,4)5)30(22-11-13-23(34)14-12-22)31(28(37)20-35)26-10-8-9-17-36-26/h8-14,17,21,24-25H,15-16,18-19H2,1-7H3. The molecule has 1 fully saturated rings. The number of carbonyl (C=O) groups excluding carboxylic acids is 1. The Labute approximate surface area is 242 Å². The third kappa shape index (κ3) is 7.41. The van der Waals surface area contributed by atoms with Crippen LogP contribution in [-0.2, 0) is 25.4 Å². The number of benzene rings is 1. The zero-order valence-corrected chi connectivity index (χ0v) is 25.0. The molecule has 1 aliphatic rings. The summed E-state index contributed by atoms with van der Waals surface area (Å²) in [6.45, 7) is 13.3. The molecule has 1 saturated heterocycles. The number of pyridine rings is 1. The highest BCUT2D eigenvalue weighted by Gasteiger charge is 2.37. The number of esters is 1. The Balaban J connectivity index is 1.72. The molecule has 0 N–H and O–H groups in total. The van der Waals surface area contributed by atoms with Gasteiger partial charge in [0.2, 0.25) is 0 Å². The molecule has 2 unspecified atom stereocenters. The Kier molecular flexibility index (Phi) is 9.00. The van der Waals surface area contributed by atoms with Crippen molar-refractivity contribution < 1.29 is 23.4 Å². The van der Waals surface area contributed by atoms with Crippen molar-refractivity contribution in [2.24, 2.45) is 0 Å². The minimum absolute atomic E-state index is 0.0109. The number of hydrogen-bond acceptors (Lipinski definition) is 6. The summed E-state index contributed by atoms with van der Waals surface area (Å²) in [4.78, 5) is 17.2. The SMILES string of the molecule is CC(C)n1c(C#N)c(-c2ccccn2)c(-c2ccc(F)cc2)c1CCC1CC(CC(=O)OC(C)(C)C)OC(C)(C)O1. The summed E-state index contributed by atoms with van der Waals surface area (Å²) in [6, 6.07) is 14.4. The zero-order valence-electron chi connectivity index (χ0n) is 25.0. The molecular weight excluding hydrogens is 521 g/mol. The van der Waals surface area contributed by atoms with E-state index in [4.69, 9.17) is 14.2 Å². The molecule has 0 spiro atoms. The highest BCUT2D eigenvalue weighted by atomic mass is 19.1. The molecule has 2 atom stereocenters. The third-order valence-electron chi connectivity index (χ3n) is 6.93. The van der Waals surface area contributed by atoms with Crippen molar-refractivity contribution in [3.63, 3.8) is 0 Å². The van der Waals surface area contributed by atoms with Crippen LogP contribution < -0.4 is 0 Å². The summed E-state index contributed by atoms with van der Waals surface area (Å²) in [5.74, 6) is -1.50. The van der Waals surface area contributed by atoms with Gasteiger partial charge in [-0.3, -0.25) is 9.78 Å². The number of nitriles is 1. The summed E-state index contributed by atoms with van der Waals surface area (Å²) in [5, 5.41) is 10.4.